The fraction of sp³-hybridized carbons (Fsp3) is 0.100. The molecular weight excluding hydrogens is 312 g/mol. The maximum absolute atomic E-state index is 11.9. The zero-order valence-electron chi connectivity index (χ0n) is 14.1. The van der Waals surface area contributed by atoms with Crippen molar-refractivity contribution in [2.24, 2.45) is 7.05 Å². The first-order chi connectivity index (χ1) is 12.1. The molecule has 0 aliphatic carbocycles. The number of aromatic nitrogens is 3. The molecule has 0 aliphatic rings. The van der Waals surface area contributed by atoms with Gasteiger partial charge in [-0.2, -0.15) is 0 Å². The lowest BCUT2D eigenvalue weighted by molar-refractivity contribution is 0.850. The Kier molecular flexibility index (Phi) is 3.61. The molecule has 0 atom stereocenters. The molecular formula is C20H18N4O. The van der Waals surface area contributed by atoms with Crippen LogP contribution in [0.5, 0.6) is 0 Å². The van der Waals surface area contributed by atoms with Gasteiger partial charge in [-0.05, 0) is 42.8 Å². The van der Waals surface area contributed by atoms with Crippen LogP contribution < -0.4 is 10.9 Å². The molecule has 5 nitrogen and oxygen atoms in total. The van der Waals surface area contributed by atoms with Crippen LogP contribution in [0.15, 0.2) is 71.9 Å². The summed E-state index contributed by atoms with van der Waals surface area (Å²) >= 11 is 0. The van der Waals surface area contributed by atoms with Crippen LogP contribution in [0.25, 0.3) is 16.8 Å². The Hall–Kier alpha value is -3.34. The number of rotatable bonds is 3. The zero-order chi connectivity index (χ0) is 17.4. The van der Waals surface area contributed by atoms with Crippen molar-refractivity contribution in [1.82, 2.24) is 14.0 Å². The summed E-state index contributed by atoms with van der Waals surface area (Å²) in [6, 6.07) is 15.9. The topological polar surface area (TPSA) is 51.3 Å². The number of nitrogens with one attached hydrogen (secondary N) is 1. The quantitative estimate of drug-likeness (QED) is 0.622. The minimum atomic E-state index is 0.0268. The van der Waals surface area contributed by atoms with E-state index in [1.807, 2.05) is 78.4 Å². The normalized spacial score (nSPS) is 11.0. The molecule has 0 fully saturated rings. The van der Waals surface area contributed by atoms with Crippen LogP contribution in [-0.2, 0) is 7.05 Å². The van der Waals surface area contributed by atoms with E-state index in [1.54, 1.807) is 11.6 Å². The number of imidazole rings is 1. The predicted octanol–water partition coefficient (Wildman–Crippen LogP) is 3.75. The summed E-state index contributed by atoms with van der Waals surface area (Å²) in [4.78, 5) is 16.4. The van der Waals surface area contributed by atoms with Gasteiger partial charge in [0.15, 0.2) is 0 Å². The molecule has 5 heteroatoms. The molecule has 4 rings (SSSR count). The lowest BCUT2D eigenvalue weighted by Crippen LogP contribution is -2.18. The number of pyridine rings is 2. The van der Waals surface area contributed by atoms with Gasteiger partial charge in [-0.15, -0.1) is 0 Å². The maximum atomic E-state index is 11.9. The van der Waals surface area contributed by atoms with E-state index >= 15 is 0 Å². The van der Waals surface area contributed by atoms with Crippen LogP contribution in [0.2, 0.25) is 0 Å². The minimum Gasteiger partial charge on any atom is -0.340 e. The zero-order valence-corrected chi connectivity index (χ0v) is 14.1. The van der Waals surface area contributed by atoms with E-state index in [-0.39, 0.29) is 5.56 Å². The highest BCUT2D eigenvalue weighted by molar-refractivity contribution is 5.67. The molecule has 0 aliphatic heterocycles. The molecule has 124 valence electrons. The van der Waals surface area contributed by atoms with Crippen molar-refractivity contribution in [2.75, 3.05) is 5.32 Å². The Morgan fingerprint density at radius 3 is 2.56 bits per heavy atom. The van der Waals surface area contributed by atoms with Crippen LogP contribution in [-0.4, -0.2) is 14.0 Å². The average Bonchev–Trinajstić information content (AvgIpc) is 3.02. The summed E-state index contributed by atoms with van der Waals surface area (Å²) in [5.74, 6) is 0.893. The number of anilines is 2. The van der Waals surface area contributed by atoms with Gasteiger partial charge >= 0.3 is 0 Å². The monoisotopic (exact) mass is 330 g/mol. The van der Waals surface area contributed by atoms with Crippen molar-refractivity contribution in [3.63, 3.8) is 0 Å². The van der Waals surface area contributed by atoms with Crippen LogP contribution in [0.4, 0.5) is 11.5 Å². The third-order valence-corrected chi connectivity index (χ3v) is 4.25. The summed E-state index contributed by atoms with van der Waals surface area (Å²) in [5.41, 5.74) is 4.66. The molecule has 0 bridgehead atoms. The Balaban J connectivity index is 1.80. The number of nitrogens with zero attached hydrogens (tertiary/aromatic N) is 3. The SMILES string of the molecule is Cc1cc(-c2ccc3ncc(Nc4ccccc4)n3c2)cn(C)c1=O. The van der Waals surface area contributed by atoms with Gasteiger partial charge in [-0.1, -0.05) is 18.2 Å². The first-order valence-corrected chi connectivity index (χ1v) is 8.09. The van der Waals surface area contributed by atoms with Gasteiger partial charge in [-0.25, -0.2) is 4.98 Å². The van der Waals surface area contributed by atoms with E-state index in [0.717, 1.165) is 33.8 Å². The molecule has 0 spiro atoms. The third kappa shape index (κ3) is 2.80. The molecule has 1 N–H and O–H groups in total. The first-order valence-electron chi connectivity index (χ1n) is 8.09. The molecule has 0 unspecified atom stereocenters. The number of hydrogen-bond acceptors (Lipinski definition) is 3. The Labute approximate surface area is 145 Å². The second-order valence-electron chi connectivity index (χ2n) is 6.11. The predicted molar refractivity (Wildman–Crippen MR) is 100 cm³/mol. The second kappa shape index (κ2) is 5.94. The highest BCUT2D eigenvalue weighted by Gasteiger charge is 2.08. The van der Waals surface area contributed by atoms with Gasteiger partial charge < -0.3 is 9.88 Å². The average molecular weight is 330 g/mol. The fourth-order valence-electron chi connectivity index (χ4n) is 2.95. The van der Waals surface area contributed by atoms with Crippen LogP contribution in [0.3, 0.4) is 0 Å². The number of benzene rings is 1. The summed E-state index contributed by atoms with van der Waals surface area (Å²) in [6.45, 7) is 1.84. The van der Waals surface area contributed by atoms with E-state index in [0.29, 0.717) is 0 Å². The third-order valence-electron chi connectivity index (χ3n) is 4.25. The standard InChI is InChI=1S/C20H18N4O/c1-14-10-16(12-23(2)20(14)25)15-8-9-18-21-11-19(24(18)13-15)22-17-6-4-3-5-7-17/h3-13,22H,1-2H3. The lowest BCUT2D eigenvalue weighted by atomic mass is 10.1. The summed E-state index contributed by atoms with van der Waals surface area (Å²) in [6.07, 6.45) is 5.71. The Bertz CT molecular complexity index is 1080. The van der Waals surface area contributed by atoms with Crippen molar-refractivity contribution in [2.45, 2.75) is 6.92 Å². The minimum absolute atomic E-state index is 0.0268. The number of hydrogen-bond donors (Lipinski definition) is 1. The molecule has 4 aromatic rings. The van der Waals surface area contributed by atoms with Crippen LogP contribution in [0.1, 0.15) is 5.56 Å². The lowest BCUT2D eigenvalue weighted by Gasteiger charge is -2.09. The van der Waals surface area contributed by atoms with E-state index in [1.165, 1.54) is 0 Å². The highest BCUT2D eigenvalue weighted by atomic mass is 16.1. The van der Waals surface area contributed by atoms with Crippen molar-refractivity contribution in [3.8, 4) is 11.1 Å². The molecule has 0 amide bonds. The van der Waals surface area contributed by atoms with Gasteiger partial charge in [0.05, 0.1) is 6.20 Å². The van der Waals surface area contributed by atoms with E-state index in [4.69, 9.17) is 0 Å². The summed E-state index contributed by atoms with van der Waals surface area (Å²) < 4.78 is 3.63. The van der Waals surface area contributed by atoms with Gasteiger partial charge in [0.1, 0.15) is 11.5 Å². The van der Waals surface area contributed by atoms with Gasteiger partial charge in [0, 0.05) is 36.3 Å². The Morgan fingerprint density at radius 2 is 1.80 bits per heavy atom. The highest BCUT2D eigenvalue weighted by Crippen LogP contribution is 2.23. The van der Waals surface area contributed by atoms with Gasteiger partial charge in [0.25, 0.3) is 5.56 Å². The summed E-state index contributed by atoms with van der Waals surface area (Å²) in [5, 5.41) is 3.38. The number of aryl methyl sites for hydroxylation is 2. The summed E-state index contributed by atoms with van der Waals surface area (Å²) in [7, 11) is 1.77. The molecule has 3 heterocycles. The van der Waals surface area contributed by atoms with E-state index < -0.39 is 0 Å². The van der Waals surface area contributed by atoms with E-state index in [9.17, 15) is 4.79 Å². The van der Waals surface area contributed by atoms with Gasteiger partial charge in [-0.3, -0.25) is 9.20 Å². The molecule has 0 saturated heterocycles. The van der Waals surface area contributed by atoms with Crippen LogP contribution >= 0.6 is 0 Å². The number of fused-ring (bicyclic) bond motifs is 1. The molecule has 3 aromatic heterocycles. The molecule has 25 heavy (non-hydrogen) atoms. The second-order valence-corrected chi connectivity index (χ2v) is 6.11. The molecule has 1 aromatic carbocycles. The maximum Gasteiger partial charge on any atom is 0.253 e. The van der Waals surface area contributed by atoms with Gasteiger partial charge in [0.2, 0.25) is 0 Å². The molecule has 0 saturated carbocycles. The molecule has 0 radical (unpaired) electrons. The van der Waals surface area contributed by atoms with E-state index in [2.05, 4.69) is 10.3 Å². The van der Waals surface area contributed by atoms with Crippen molar-refractivity contribution in [1.29, 1.82) is 0 Å². The Morgan fingerprint density at radius 1 is 1.00 bits per heavy atom. The number of para-hydroxylation sites is 1. The van der Waals surface area contributed by atoms with Crippen molar-refractivity contribution in [3.05, 3.63) is 83.0 Å². The van der Waals surface area contributed by atoms with Crippen LogP contribution in [0, 0.1) is 6.92 Å². The first kappa shape index (κ1) is 15.2. The van der Waals surface area contributed by atoms with Crippen molar-refractivity contribution >= 4 is 17.2 Å². The fourth-order valence-corrected chi connectivity index (χ4v) is 2.95. The largest absolute Gasteiger partial charge is 0.340 e. The van der Waals surface area contributed by atoms with Crippen molar-refractivity contribution < 1.29 is 0 Å². The smallest absolute Gasteiger partial charge is 0.253 e.